The zero-order chi connectivity index (χ0) is 21.8. The molecule has 0 atom stereocenters. The number of hydrogen-bond donors (Lipinski definition) is 1. The van der Waals surface area contributed by atoms with Crippen LogP contribution in [0.3, 0.4) is 0 Å². The summed E-state index contributed by atoms with van der Waals surface area (Å²) in [6.45, 7) is 0. The number of aromatic nitrogens is 2. The second-order valence-electron chi connectivity index (χ2n) is 6.22. The van der Waals surface area contributed by atoms with Crippen LogP contribution in [0.2, 0.25) is 0 Å². The third-order valence-electron chi connectivity index (χ3n) is 4.41. The van der Waals surface area contributed by atoms with Gasteiger partial charge in [0.2, 0.25) is 5.82 Å². The van der Waals surface area contributed by atoms with Gasteiger partial charge in [0.25, 0.3) is 11.8 Å². The van der Waals surface area contributed by atoms with Crippen LogP contribution < -0.4 is 15.0 Å². The van der Waals surface area contributed by atoms with Gasteiger partial charge >= 0.3 is 5.97 Å². The predicted octanol–water partition coefficient (Wildman–Crippen LogP) is 2.58. The van der Waals surface area contributed by atoms with E-state index in [1.807, 2.05) is 0 Å². The molecule has 1 aliphatic heterocycles. The summed E-state index contributed by atoms with van der Waals surface area (Å²) in [5.74, 6) is 1.19. The average Bonchev–Trinajstić information content (AvgIpc) is 3.50. The number of ether oxygens (including phenoxy) is 3. The van der Waals surface area contributed by atoms with E-state index in [1.165, 1.54) is 7.11 Å². The lowest BCUT2D eigenvalue weighted by molar-refractivity contribution is -0.134. The van der Waals surface area contributed by atoms with E-state index in [0.29, 0.717) is 22.9 Å². The molecule has 1 aliphatic rings. The van der Waals surface area contributed by atoms with E-state index in [4.69, 9.17) is 23.6 Å². The van der Waals surface area contributed by atoms with Gasteiger partial charge in [0, 0.05) is 11.1 Å². The number of carbonyl (C=O) groups excluding carboxylic acids is 1. The standard InChI is InChI=1S/C21H18N4O6/c1-27-14-8-4-12(5-9-14)17-22-19(30-24-17)16(21(26)29-3)20-23-18(25-31-20)13-6-10-15(28-2)11-7-13/h4-11H,1-3H3,(H,22,24)/b19-16-. The van der Waals surface area contributed by atoms with Crippen LogP contribution in [0.1, 0.15) is 11.5 Å². The predicted molar refractivity (Wildman–Crippen MR) is 109 cm³/mol. The molecule has 3 aromatic rings. The van der Waals surface area contributed by atoms with Crippen LogP contribution in [0.5, 0.6) is 11.5 Å². The van der Waals surface area contributed by atoms with Gasteiger partial charge in [-0.25, -0.2) is 10.3 Å². The molecule has 158 valence electrons. The molecule has 2 heterocycles. The van der Waals surface area contributed by atoms with Crippen molar-refractivity contribution in [3.05, 3.63) is 65.9 Å². The van der Waals surface area contributed by atoms with Gasteiger partial charge in [0.05, 0.1) is 21.3 Å². The van der Waals surface area contributed by atoms with E-state index in [2.05, 4.69) is 20.6 Å². The molecule has 0 amide bonds. The summed E-state index contributed by atoms with van der Waals surface area (Å²) >= 11 is 0. The Bertz CT molecular complexity index is 1150. The summed E-state index contributed by atoms with van der Waals surface area (Å²) in [6.07, 6.45) is 0. The van der Waals surface area contributed by atoms with Crippen LogP contribution in [0, 0.1) is 0 Å². The lowest BCUT2D eigenvalue weighted by Gasteiger charge is -2.03. The maximum atomic E-state index is 12.4. The van der Waals surface area contributed by atoms with E-state index < -0.39 is 5.97 Å². The van der Waals surface area contributed by atoms with E-state index in [9.17, 15) is 4.79 Å². The normalized spacial score (nSPS) is 14.2. The van der Waals surface area contributed by atoms with Crippen molar-refractivity contribution in [1.29, 1.82) is 0 Å². The first kappa shape index (κ1) is 20.0. The Kier molecular flexibility index (Phi) is 5.52. The summed E-state index contributed by atoms with van der Waals surface area (Å²) in [5, 5.41) is 3.94. The molecule has 1 N–H and O–H groups in total. The Balaban J connectivity index is 1.69. The molecule has 1 aromatic heterocycles. The largest absolute Gasteiger partial charge is 0.497 e. The Hall–Kier alpha value is -4.34. The van der Waals surface area contributed by atoms with Gasteiger partial charge in [-0.3, -0.25) is 0 Å². The molecule has 0 aliphatic carbocycles. The number of benzene rings is 2. The molecule has 10 nitrogen and oxygen atoms in total. The second-order valence-corrected chi connectivity index (χ2v) is 6.22. The molecule has 0 bridgehead atoms. The van der Waals surface area contributed by atoms with Crippen molar-refractivity contribution < 1.29 is 28.4 Å². The van der Waals surface area contributed by atoms with Crippen LogP contribution in [0.25, 0.3) is 17.0 Å². The molecule has 10 heteroatoms. The molecule has 31 heavy (non-hydrogen) atoms. The Labute approximate surface area is 177 Å². The van der Waals surface area contributed by atoms with Gasteiger partial charge in [-0.2, -0.15) is 9.98 Å². The fourth-order valence-electron chi connectivity index (χ4n) is 2.77. The number of hydrogen-bond acceptors (Lipinski definition) is 10. The molecule has 0 spiro atoms. The summed E-state index contributed by atoms with van der Waals surface area (Å²) in [5.41, 5.74) is 3.98. The van der Waals surface area contributed by atoms with Crippen LogP contribution in [-0.2, 0) is 14.4 Å². The first-order valence-corrected chi connectivity index (χ1v) is 9.10. The van der Waals surface area contributed by atoms with E-state index in [1.54, 1.807) is 62.8 Å². The maximum absolute atomic E-state index is 12.4. The third kappa shape index (κ3) is 4.04. The van der Waals surface area contributed by atoms with Gasteiger partial charge in [0.1, 0.15) is 11.5 Å². The van der Waals surface area contributed by atoms with Crippen molar-refractivity contribution in [3.8, 4) is 22.9 Å². The number of esters is 1. The van der Waals surface area contributed by atoms with E-state index >= 15 is 0 Å². The molecule has 0 unspecified atom stereocenters. The van der Waals surface area contributed by atoms with Crippen molar-refractivity contribution in [2.45, 2.75) is 0 Å². The number of nitrogens with zero attached hydrogens (tertiary/aromatic N) is 3. The third-order valence-corrected chi connectivity index (χ3v) is 4.41. The highest BCUT2D eigenvalue weighted by Gasteiger charge is 2.30. The quantitative estimate of drug-likeness (QED) is 0.472. The lowest BCUT2D eigenvalue weighted by Crippen LogP contribution is -2.17. The molecule has 0 saturated heterocycles. The Morgan fingerprint density at radius 1 is 0.903 bits per heavy atom. The highest BCUT2D eigenvalue weighted by Crippen LogP contribution is 2.27. The summed E-state index contributed by atoms with van der Waals surface area (Å²) in [6, 6.07) is 14.2. The van der Waals surface area contributed by atoms with Crippen LogP contribution in [0.4, 0.5) is 0 Å². The van der Waals surface area contributed by atoms with Gasteiger partial charge in [0.15, 0.2) is 11.4 Å². The minimum atomic E-state index is -0.735. The average molecular weight is 422 g/mol. The van der Waals surface area contributed by atoms with Gasteiger partial charge in [-0.1, -0.05) is 5.16 Å². The number of nitrogens with one attached hydrogen (secondary N) is 1. The van der Waals surface area contributed by atoms with Crippen molar-refractivity contribution in [3.63, 3.8) is 0 Å². The molecular weight excluding hydrogens is 404 g/mol. The zero-order valence-corrected chi connectivity index (χ0v) is 16.9. The van der Waals surface area contributed by atoms with Crippen LogP contribution in [-0.4, -0.2) is 43.3 Å². The van der Waals surface area contributed by atoms with Crippen molar-refractivity contribution in [1.82, 2.24) is 15.6 Å². The number of amidine groups is 1. The molecule has 4 rings (SSSR count). The topological polar surface area (TPSA) is 117 Å². The molecule has 0 saturated carbocycles. The van der Waals surface area contributed by atoms with Gasteiger partial charge in [-0.05, 0) is 48.5 Å². The highest BCUT2D eigenvalue weighted by molar-refractivity contribution is 6.16. The SMILES string of the molecule is COC(=O)/C(=C1/N=C(c2ccc(OC)cc2)NO1)c1nc(-c2ccc(OC)cc2)no1. The zero-order valence-electron chi connectivity index (χ0n) is 16.9. The first-order chi connectivity index (χ1) is 15.1. The first-order valence-electron chi connectivity index (χ1n) is 9.10. The maximum Gasteiger partial charge on any atom is 0.349 e. The number of rotatable bonds is 6. The van der Waals surface area contributed by atoms with E-state index in [0.717, 1.165) is 5.56 Å². The van der Waals surface area contributed by atoms with Crippen molar-refractivity contribution in [2.24, 2.45) is 4.99 Å². The van der Waals surface area contributed by atoms with E-state index in [-0.39, 0.29) is 23.2 Å². The van der Waals surface area contributed by atoms with Gasteiger partial charge in [-0.15, -0.1) is 0 Å². The summed E-state index contributed by atoms with van der Waals surface area (Å²) < 4.78 is 20.5. The monoisotopic (exact) mass is 422 g/mol. The highest BCUT2D eigenvalue weighted by atomic mass is 16.7. The number of methoxy groups -OCH3 is 3. The number of hydroxylamine groups is 1. The van der Waals surface area contributed by atoms with Crippen LogP contribution >= 0.6 is 0 Å². The van der Waals surface area contributed by atoms with Crippen molar-refractivity contribution in [2.75, 3.05) is 21.3 Å². The van der Waals surface area contributed by atoms with Crippen LogP contribution in [0.15, 0.2) is 63.9 Å². The number of aliphatic imine (C=N–C) groups is 1. The minimum absolute atomic E-state index is 0.0531. The number of carbonyl (C=O) groups is 1. The van der Waals surface area contributed by atoms with Crippen molar-refractivity contribution >= 4 is 17.4 Å². The smallest absolute Gasteiger partial charge is 0.349 e. The Morgan fingerprint density at radius 2 is 1.52 bits per heavy atom. The van der Waals surface area contributed by atoms with Gasteiger partial charge < -0.3 is 23.6 Å². The summed E-state index contributed by atoms with van der Waals surface area (Å²) in [4.78, 5) is 26.5. The Morgan fingerprint density at radius 3 is 2.10 bits per heavy atom. The molecular formula is C21H18N4O6. The second kappa shape index (κ2) is 8.57. The molecule has 2 aromatic carbocycles. The summed E-state index contributed by atoms with van der Waals surface area (Å²) in [7, 11) is 4.39. The minimum Gasteiger partial charge on any atom is -0.497 e. The lowest BCUT2D eigenvalue weighted by atomic mass is 10.2. The molecule has 0 radical (unpaired) electrons. The fourth-order valence-corrected chi connectivity index (χ4v) is 2.77. The fraction of sp³-hybridized carbons (Fsp3) is 0.143. The molecule has 0 fully saturated rings.